The lowest BCUT2D eigenvalue weighted by molar-refractivity contribution is -0.120. The highest BCUT2D eigenvalue weighted by molar-refractivity contribution is 6.23. The van der Waals surface area contributed by atoms with Crippen LogP contribution in [0.4, 0.5) is 5.69 Å². The van der Waals surface area contributed by atoms with Crippen LogP contribution in [0.1, 0.15) is 46.5 Å². The zero-order valence-corrected chi connectivity index (χ0v) is 15.2. The molecule has 0 spiro atoms. The average Bonchev–Trinajstić information content (AvgIpc) is 2.86. The van der Waals surface area contributed by atoms with Crippen LogP contribution >= 0.6 is 0 Å². The third-order valence-corrected chi connectivity index (χ3v) is 4.54. The van der Waals surface area contributed by atoms with E-state index in [1.54, 1.807) is 24.3 Å². The Balaban J connectivity index is 1.92. The smallest absolute Gasteiger partial charge is 0.262 e. The van der Waals surface area contributed by atoms with Gasteiger partial charge in [0.1, 0.15) is 6.04 Å². The van der Waals surface area contributed by atoms with Crippen molar-refractivity contribution in [2.75, 3.05) is 5.32 Å². The number of hydrogen-bond acceptors (Lipinski definition) is 3. The van der Waals surface area contributed by atoms with Gasteiger partial charge < -0.3 is 5.32 Å². The Morgan fingerprint density at radius 3 is 2.04 bits per heavy atom. The van der Waals surface area contributed by atoms with Gasteiger partial charge in [0.25, 0.3) is 11.8 Å². The van der Waals surface area contributed by atoms with Gasteiger partial charge in [-0.15, -0.1) is 0 Å². The fraction of sp³-hybridized carbons (Fsp3) is 0.286. The number of amides is 3. The highest BCUT2D eigenvalue weighted by atomic mass is 16.2. The lowest BCUT2D eigenvalue weighted by atomic mass is 10.0. The molecular weight excluding hydrogens is 328 g/mol. The molecule has 0 aliphatic carbocycles. The van der Waals surface area contributed by atoms with E-state index in [9.17, 15) is 14.4 Å². The van der Waals surface area contributed by atoms with E-state index in [4.69, 9.17) is 0 Å². The minimum atomic E-state index is -0.845. The van der Waals surface area contributed by atoms with Crippen LogP contribution in [0.25, 0.3) is 0 Å². The van der Waals surface area contributed by atoms with Crippen LogP contribution in [0.15, 0.2) is 48.5 Å². The van der Waals surface area contributed by atoms with Crippen LogP contribution in [0, 0.1) is 12.8 Å². The first-order valence-electron chi connectivity index (χ1n) is 8.73. The van der Waals surface area contributed by atoms with Crippen LogP contribution in [-0.4, -0.2) is 28.7 Å². The maximum atomic E-state index is 13.0. The van der Waals surface area contributed by atoms with Gasteiger partial charge in [0, 0.05) is 5.69 Å². The molecular formula is C21H22N2O3. The third kappa shape index (κ3) is 3.25. The lowest BCUT2D eigenvalue weighted by Crippen LogP contribution is -2.48. The molecule has 0 bridgehead atoms. The SMILES string of the molecule is Cc1ccccc1NC(=O)[C@@H](CC(C)C)N1C(=O)c2ccccc2C1=O. The molecule has 2 aromatic rings. The molecule has 5 nitrogen and oxygen atoms in total. The number of nitrogens with one attached hydrogen (secondary N) is 1. The lowest BCUT2D eigenvalue weighted by Gasteiger charge is -2.27. The van der Waals surface area contributed by atoms with Gasteiger partial charge in [0.05, 0.1) is 11.1 Å². The molecule has 1 N–H and O–H groups in total. The number of rotatable bonds is 5. The maximum absolute atomic E-state index is 13.0. The molecule has 0 radical (unpaired) electrons. The summed E-state index contributed by atoms with van der Waals surface area (Å²) in [4.78, 5) is 39.6. The fourth-order valence-corrected chi connectivity index (χ4v) is 3.20. The number of para-hydroxylation sites is 1. The fourth-order valence-electron chi connectivity index (χ4n) is 3.20. The highest BCUT2D eigenvalue weighted by Crippen LogP contribution is 2.27. The summed E-state index contributed by atoms with van der Waals surface area (Å²) in [6, 6.07) is 13.3. The first-order chi connectivity index (χ1) is 12.4. The second-order valence-corrected chi connectivity index (χ2v) is 6.98. The van der Waals surface area contributed by atoms with Gasteiger partial charge in [-0.25, -0.2) is 0 Å². The molecule has 0 fully saturated rings. The van der Waals surface area contributed by atoms with E-state index < -0.39 is 17.9 Å². The van der Waals surface area contributed by atoms with Crippen molar-refractivity contribution in [3.05, 3.63) is 65.2 Å². The number of benzene rings is 2. The summed E-state index contributed by atoms with van der Waals surface area (Å²) >= 11 is 0. The van der Waals surface area contributed by atoms with Crippen molar-refractivity contribution in [2.24, 2.45) is 5.92 Å². The monoisotopic (exact) mass is 350 g/mol. The van der Waals surface area contributed by atoms with E-state index in [0.29, 0.717) is 23.2 Å². The number of anilines is 1. The van der Waals surface area contributed by atoms with Crippen LogP contribution in [-0.2, 0) is 4.79 Å². The van der Waals surface area contributed by atoms with Gasteiger partial charge in [0.15, 0.2) is 0 Å². The molecule has 1 aliphatic heterocycles. The minimum absolute atomic E-state index is 0.145. The maximum Gasteiger partial charge on any atom is 0.262 e. The summed E-state index contributed by atoms with van der Waals surface area (Å²) in [5.41, 5.74) is 2.32. The molecule has 2 aromatic carbocycles. The number of carbonyl (C=O) groups excluding carboxylic acids is 3. The summed E-state index contributed by atoms with van der Waals surface area (Å²) in [6.07, 6.45) is 0.406. The van der Waals surface area contributed by atoms with Gasteiger partial charge in [-0.2, -0.15) is 0 Å². The summed E-state index contributed by atoms with van der Waals surface area (Å²) < 4.78 is 0. The Bertz CT molecular complexity index is 838. The summed E-state index contributed by atoms with van der Waals surface area (Å²) in [6.45, 7) is 5.83. The van der Waals surface area contributed by atoms with Crippen molar-refractivity contribution >= 4 is 23.4 Å². The minimum Gasteiger partial charge on any atom is -0.324 e. The van der Waals surface area contributed by atoms with Crippen molar-refractivity contribution < 1.29 is 14.4 Å². The first kappa shape index (κ1) is 17.9. The van der Waals surface area contributed by atoms with Crippen LogP contribution in [0.3, 0.4) is 0 Å². The van der Waals surface area contributed by atoms with Gasteiger partial charge in [-0.05, 0) is 43.0 Å². The molecule has 1 atom stereocenters. The van der Waals surface area contributed by atoms with Crippen molar-refractivity contribution in [1.82, 2.24) is 4.90 Å². The Morgan fingerprint density at radius 2 is 1.50 bits per heavy atom. The molecule has 0 aromatic heterocycles. The third-order valence-electron chi connectivity index (χ3n) is 4.54. The number of nitrogens with zero attached hydrogens (tertiary/aromatic N) is 1. The zero-order chi connectivity index (χ0) is 18.8. The van der Waals surface area contributed by atoms with Crippen molar-refractivity contribution in [2.45, 2.75) is 33.2 Å². The summed E-state index contributed by atoms with van der Waals surface area (Å²) in [5, 5.41) is 2.88. The van der Waals surface area contributed by atoms with Gasteiger partial charge >= 0.3 is 0 Å². The van der Waals surface area contributed by atoms with E-state index >= 15 is 0 Å². The van der Waals surface area contributed by atoms with Crippen molar-refractivity contribution in [1.29, 1.82) is 0 Å². The normalized spacial score (nSPS) is 14.5. The summed E-state index contributed by atoms with van der Waals surface area (Å²) in [7, 11) is 0. The number of carbonyl (C=O) groups is 3. The largest absolute Gasteiger partial charge is 0.324 e. The average molecular weight is 350 g/mol. The predicted octanol–water partition coefficient (Wildman–Crippen LogP) is 3.64. The summed E-state index contributed by atoms with van der Waals surface area (Å²) in [5.74, 6) is -1.01. The Labute approximate surface area is 153 Å². The molecule has 0 saturated carbocycles. The second-order valence-electron chi connectivity index (χ2n) is 6.98. The topological polar surface area (TPSA) is 66.5 Å². The molecule has 1 heterocycles. The highest BCUT2D eigenvalue weighted by Gasteiger charge is 2.42. The van der Waals surface area contributed by atoms with E-state index in [1.807, 2.05) is 45.0 Å². The molecule has 26 heavy (non-hydrogen) atoms. The standard InChI is InChI=1S/C21H22N2O3/c1-13(2)12-18(19(24)22-17-11-7-4-8-14(17)3)23-20(25)15-9-5-6-10-16(15)21(23)26/h4-11,13,18H,12H2,1-3H3,(H,22,24)/t18-/m1/s1. The van der Waals surface area contributed by atoms with Gasteiger partial charge in [-0.3, -0.25) is 19.3 Å². The van der Waals surface area contributed by atoms with E-state index in [0.717, 1.165) is 10.5 Å². The quantitative estimate of drug-likeness (QED) is 0.837. The number of fused-ring (bicyclic) bond motifs is 1. The molecule has 0 saturated heterocycles. The Morgan fingerprint density at radius 1 is 0.962 bits per heavy atom. The number of imide groups is 1. The van der Waals surface area contributed by atoms with E-state index in [-0.39, 0.29) is 11.8 Å². The van der Waals surface area contributed by atoms with Crippen LogP contribution < -0.4 is 5.32 Å². The second kappa shape index (κ2) is 7.12. The Kier molecular flexibility index (Phi) is 4.89. The first-order valence-corrected chi connectivity index (χ1v) is 8.73. The Hall–Kier alpha value is -2.95. The van der Waals surface area contributed by atoms with Crippen LogP contribution in [0.5, 0.6) is 0 Å². The predicted molar refractivity (Wildman–Crippen MR) is 100.0 cm³/mol. The zero-order valence-electron chi connectivity index (χ0n) is 15.2. The molecule has 3 rings (SSSR count). The van der Waals surface area contributed by atoms with Gasteiger partial charge in [-0.1, -0.05) is 44.2 Å². The molecule has 3 amide bonds. The van der Waals surface area contributed by atoms with E-state index in [2.05, 4.69) is 5.32 Å². The molecule has 5 heteroatoms. The van der Waals surface area contributed by atoms with Crippen molar-refractivity contribution in [3.8, 4) is 0 Å². The number of hydrogen-bond donors (Lipinski definition) is 1. The van der Waals surface area contributed by atoms with Gasteiger partial charge in [0.2, 0.25) is 5.91 Å². The van der Waals surface area contributed by atoms with Crippen LogP contribution in [0.2, 0.25) is 0 Å². The molecule has 0 unspecified atom stereocenters. The number of aryl methyl sites for hydroxylation is 1. The van der Waals surface area contributed by atoms with E-state index in [1.165, 1.54) is 0 Å². The van der Waals surface area contributed by atoms with Crippen molar-refractivity contribution in [3.63, 3.8) is 0 Å². The molecule has 134 valence electrons. The molecule has 1 aliphatic rings.